The van der Waals surface area contributed by atoms with Gasteiger partial charge in [0.2, 0.25) is 0 Å². The molecule has 0 bridgehead atoms. The summed E-state index contributed by atoms with van der Waals surface area (Å²) in [4.78, 5) is 10.7. The predicted molar refractivity (Wildman–Crippen MR) is 103 cm³/mol. The lowest BCUT2D eigenvalue weighted by atomic mass is 9.86. The number of hydrogen-bond acceptors (Lipinski definition) is 3. The number of benzene rings is 2. The van der Waals surface area contributed by atoms with E-state index in [9.17, 15) is 36.3 Å². The smallest absolute Gasteiger partial charge is 0.416 e. The van der Waals surface area contributed by atoms with Gasteiger partial charge in [-0.15, -0.1) is 0 Å². The van der Waals surface area contributed by atoms with E-state index < -0.39 is 42.0 Å². The van der Waals surface area contributed by atoms with Crippen molar-refractivity contribution in [3.8, 4) is 0 Å². The van der Waals surface area contributed by atoms with Crippen LogP contribution in [-0.2, 0) is 30.1 Å². The van der Waals surface area contributed by atoms with Crippen molar-refractivity contribution in [1.29, 1.82) is 0 Å². The summed E-state index contributed by atoms with van der Waals surface area (Å²) in [5.41, 5.74) is -1.04. The van der Waals surface area contributed by atoms with E-state index in [1.165, 1.54) is 6.08 Å². The number of aliphatic carboxylic acids is 1. The van der Waals surface area contributed by atoms with Crippen molar-refractivity contribution in [3.05, 3.63) is 75.9 Å². The number of nitrogens with zero attached hydrogens (tertiary/aromatic N) is 1. The number of fused-ring (bicyclic) bond motifs is 1. The first kappa shape index (κ1) is 23.8. The summed E-state index contributed by atoms with van der Waals surface area (Å²) in [5.74, 6) is -1.11. The van der Waals surface area contributed by atoms with Gasteiger partial charge in [0.15, 0.2) is 0 Å². The minimum absolute atomic E-state index is 0.0489. The van der Waals surface area contributed by atoms with Crippen LogP contribution in [0.15, 0.2) is 42.5 Å². The third-order valence-corrected chi connectivity index (χ3v) is 5.22. The van der Waals surface area contributed by atoms with Crippen molar-refractivity contribution in [2.75, 3.05) is 0 Å². The van der Waals surface area contributed by atoms with Crippen LogP contribution in [0, 0.1) is 0 Å². The molecular formula is C22H19F6NO3. The van der Waals surface area contributed by atoms with Gasteiger partial charge >= 0.3 is 18.3 Å². The van der Waals surface area contributed by atoms with E-state index in [-0.39, 0.29) is 11.6 Å². The van der Waals surface area contributed by atoms with Gasteiger partial charge in [-0.05, 0) is 65.8 Å². The molecule has 1 unspecified atom stereocenters. The second-order valence-electron chi connectivity index (χ2n) is 7.55. The number of rotatable bonds is 5. The van der Waals surface area contributed by atoms with Gasteiger partial charge in [0.1, 0.15) is 0 Å². The molecule has 2 aromatic rings. The monoisotopic (exact) mass is 459 g/mol. The van der Waals surface area contributed by atoms with E-state index in [4.69, 9.17) is 5.11 Å². The Morgan fingerprint density at radius 1 is 1.03 bits per heavy atom. The van der Waals surface area contributed by atoms with Crippen LogP contribution in [0.2, 0.25) is 0 Å². The normalized spacial score (nSPS) is 17.1. The average molecular weight is 459 g/mol. The highest BCUT2D eigenvalue weighted by Gasteiger charge is 2.37. The SMILES string of the molecule is O=C(O)/C=C/c1ccc2c(c1)CCCC2N(O)Cc1cc(C(F)(F)F)cc(C(F)(F)F)c1. The molecule has 0 radical (unpaired) electrons. The molecule has 32 heavy (non-hydrogen) atoms. The molecule has 1 aliphatic rings. The van der Waals surface area contributed by atoms with Crippen molar-refractivity contribution >= 4 is 12.0 Å². The zero-order valence-electron chi connectivity index (χ0n) is 16.5. The highest BCUT2D eigenvalue weighted by atomic mass is 19.4. The molecule has 172 valence electrons. The number of halogens is 6. The molecular weight excluding hydrogens is 440 g/mol. The Balaban J connectivity index is 1.88. The van der Waals surface area contributed by atoms with Gasteiger partial charge in [-0.3, -0.25) is 0 Å². The molecule has 4 nitrogen and oxygen atoms in total. The van der Waals surface area contributed by atoms with E-state index in [0.717, 1.165) is 16.7 Å². The summed E-state index contributed by atoms with van der Waals surface area (Å²) in [6, 6.07) is 5.69. The van der Waals surface area contributed by atoms with Crippen LogP contribution in [0.5, 0.6) is 0 Å². The molecule has 3 rings (SSSR count). The summed E-state index contributed by atoms with van der Waals surface area (Å²) < 4.78 is 78.5. The number of hydrogen-bond donors (Lipinski definition) is 2. The molecule has 0 fully saturated rings. The first-order chi connectivity index (χ1) is 14.8. The largest absolute Gasteiger partial charge is 0.478 e. The molecule has 0 amide bonds. The van der Waals surface area contributed by atoms with Crippen LogP contribution in [0.4, 0.5) is 26.3 Å². The van der Waals surface area contributed by atoms with Crippen molar-refractivity contribution in [2.24, 2.45) is 0 Å². The molecule has 0 aliphatic heterocycles. The fourth-order valence-corrected chi connectivity index (χ4v) is 3.80. The van der Waals surface area contributed by atoms with Crippen molar-refractivity contribution in [3.63, 3.8) is 0 Å². The van der Waals surface area contributed by atoms with Gasteiger partial charge in [0, 0.05) is 12.6 Å². The third kappa shape index (κ3) is 5.68. The lowest BCUT2D eigenvalue weighted by Gasteiger charge is -2.32. The van der Waals surface area contributed by atoms with Gasteiger partial charge in [0.25, 0.3) is 0 Å². The summed E-state index contributed by atoms with van der Waals surface area (Å²) in [5, 5.41) is 20.1. The number of carboxylic acids is 1. The van der Waals surface area contributed by atoms with Crippen LogP contribution < -0.4 is 0 Å². The maximum atomic E-state index is 13.1. The zero-order chi connectivity index (χ0) is 23.7. The minimum Gasteiger partial charge on any atom is -0.478 e. The van der Waals surface area contributed by atoms with Crippen LogP contribution >= 0.6 is 0 Å². The summed E-state index contributed by atoms with van der Waals surface area (Å²) in [6.45, 7) is -0.530. The van der Waals surface area contributed by atoms with Crippen molar-refractivity contribution < 1.29 is 41.5 Å². The number of aryl methyl sites for hydroxylation is 1. The van der Waals surface area contributed by atoms with E-state index in [0.29, 0.717) is 42.5 Å². The highest BCUT2D eigenvalue weighted by molar-refractivity contribution is 5.85. The predicted octanol–water partition coefficient (Wildman–Crippen LogP) is 6.09. The number of hydroxylamine groups is 2. The van der Waals surface area contributed by atoms with Crippen LogP contribution in [0.1, 0.15) is 52.3 Å². The summed E-state index contributed by atoms with van der Waals surface area (Å²) in [6.07, 6.45) is -5.80. The quantitative estimate of drug-likeness (QED) is 0.323. The molecule has 0 aromatic heterocycles. The molecule has 10 heteroatoms. The standard InChI is InChI=1S/C22H19F6NO3/c23-21(24,25)16-9-14(10-17(11-16)22(26,27)28)12-29(32)19-3-1-2-15-8-13(4-6-18(15)19)5-7-20(30)31/h4-11,19,32H,1-3,12H2,(H,30,31)/b7-5+. The molecule has 2 aromatic carbocycles. The molecule has 2 N–H and O–H groups in total. The Morgan fingerprint density at radius 3 is 2.22 bits per heavy atom. The Labute approximate surface area is 179 Å². The van der Waals surface area contributed by atoms with E-state index in [2.05, 4.69) is 0 Å². The van der Waals surface area contributed by atoms with E-state index >= 15 is 0 Å². The number of alkyl halides is 6. The summed E-state index contributed by atoms with van der Waals surface area (Å²) in [7, 11) is 0. The molecule has 0 heterocycles. The number of carboxylic acid groups (broad SMARTS) is 1. The second kappa shape index (κ2) is 8.95. The Kier molecular flexibility index (Phi) is 6.66. The van der Waals surface area contributed by atoms with Gasteiger partial charge in [-0.1, -0.05) is 18.2 Å². The lowest BCUT2D eigenvalue weighted by molar-refractivity contribution is -0.146. The molecule has 1 aliphatic carbocycles. The third-order valence-electron chi connectivity index (χ3n) is 5.22. The first-order valence-corrected chi connectivity index (χ1v) is 9.62. The molecule has 1 atom stereocenters. The summed E-state index contributed by atoms with van der Waals surface area (Å²) >= 11 is 0. The van der Waals surface area contributed by atoms with Crippen LogP contribution in [0.3, 0.4) is 0 Å². The average Bonchev–Trinajstić information content (AvgIpc) is 2.70. The van der Waals surface area contributed by atoms with Gasteiger partial charge in [-0.2, -0.15) is 31.4 Å². The van der Waals surface area contributed by atoms with Gasteiger partial charge in [-0.25, -0.2) is 4.79 Å². The number of carbonyl (C=O) groups is 1. The lowest BCUT2D eigenvalue weighted by Crippen LogP contribution is -2.28. The van der Waals surface area contributed by atoms with Crippen molar-refractivity contribution in [1.82, 2.24) is 5.06 Å². The minimum atomic E-state index is -4.96. The Hall–Kier alpha value is -2.85. The molecule has 0 spiro atoms. The highest BCUT2D eigenvalue weighted by Crippen LogP contribution is 2.38. The van der Waals surface area contributed by atoms with E-state index in [1.807, 2.05) is 0 Å². The zero-order valence-corrected chi connectivity index (χ0v) is 16.5. The maximum absolute atomic E-state index is 13.1. The van der Waals surface area contributed by atoms with E-state index in [1.54, 1.807) is 18.2 Å². The Morgan fingerprint density at radius 2 is 1.66 bits per heavy atom. The Bertz CT molecular complexity index is 997. The van der Waals surface area contributed by atoms with Gasteiger partial charge < -0.3 is 10.3 Å². The molecule has 0 saturated heterocycles. The fourth-order valence-electron chi connectivity index (χ4n) is 3.80. The topological polar surface area (TPSA) is 60.8 Å². The first-order valence-electron chi connectivity index (χ1n) is 9.62. The van der Waals surface area contributed by atoms with Gasteiger partial charge in [0.05, 0.1) is 17.2 Å². The van der Waals surface area contributed by atoms with Crippen molar-refractivity contribution in [2.45, 2.75) is 44.2 Å². The second-order valence-corrected chi connectivity index (χ2v) is 7.55. The van der Waals surface area contributed by atoms with Crippen LogP contribution in [-0.4, -0.2) is 21.3 Å². The maximum Gasteiger partial charge on any atom is 0.416 e. The van der Waals surface area contributed by atoms with Crippen LogP contribution in [0.25, 0.3) is 6.08 Å². The fraction of sp³-hybridized carbons (Fsp3) is 0.318. The molecule has 0 saturated carbocycles.